The van der Waals surface area contributed by atoms with Crippen LogP contribution in [0.3, 0.4) is 0 Å². The molecule has 1 aromatic heterocycles. The molecule has 0 saturated carbocycles. The molecule has 1 fully saturated rings. The van der Waals surface area contributed by atoms with Crippen LogP contribution in [0.25, 0.3) is 11.4 Å². The highest BCUT2D eigenvalue weighted by Gasteiger charge is 2.24. The lowest BCUT2D eigenvalue weighted by atomic mass is 10.1. The Labute approximate surface area is 203 Å². The molecule has 184 valence electrons. The van der Waals surface area contributed by atoms with Crippen LogP contribution in [0.5, 0.6) is 5.75 Å². The second kappa shape index (κ2) is 10.7. The second-order valence-corrected chi connectivity index (χ2v) is 8.44. The Balaban J connectivity index is 1.55. The molecule has 0 bridgehead atoms. The molecule has 9 heteroatoms. The largest absolute Gasteiger partial charge is 0.497 e. The third kappa shape index (κ3) is 5.35. The molecule has 1 aliphatic rings. The number of aromatic nitrogens is 2. The summed E-state index contributed by atoms with van der Waals surface area (Å²) in [6, 6.07) is 13.6. The molecule has 3 aromatic rings. The highest BCUT2D eigenvalue weighted by atomic mass is 19.1. The van der Waals surface area contributed by atoms with Crippen molar-refractivity contribution in [3.05, 3.63) is 76.0 Å². The van der Waals surface area contributed by atoms with Gasteiger partial charge in [0.15, 0.2) is 0 Å². The smallest absolute Gasteiger partial charge is 0.257 e. The molecule has 1 saturated heterocycles. The number of rotatable bonds is 7. The molecule has 0 aliphatic carbocycles. The molecule has 35 heavy (non-hydrogen) atoms. The minimum absolute atomic E-state index is 0.135. The van der Waals surface area contributed by atoms with E-state index in [1.807, 2.05) is 24.3 Å². The van der Waals surface area contributed by atoms with Crippen molar-refractivity contribution in [3.8, 4) is 17.1 Å². The average Bonchev–Trinajstić information content (AvgIpc) is 2.88. The Morgan fingerprint density at radius 1 is 1.11 bits per heavy atom. The summed E-state index contributed by atoms with van der Waals surface area (Å²) in [6.07, 6.45) is 0.135. The number of benzene rings is 2. The number of amides is 1. The monoisotopic (exact) mass is 480 g/mol. The van der Waals surface area contributed by atoms with Crippen molar-refractivity contribution in [2.24, 2.45) is 0 Å². The Kier molecular flexibility index (Phi) is 7.45. The van der Waals surface area contributed by atoms with Gasteiger partial charge in [-0.3, -0.25) is 14.2 Å². The van der Waals surface area contributed by atoms with Crippen LogP contribution in [-0.4, -0.2) is 65.4 Å². The predicted octanol–water partition coefficient (Wildman–Crippen LogP) is 2.25. The molecule has 1 N–H and O–H groups in total. The highest BCUT2D eigenvalue weighted by molar-refractivity contribution is 5.77. The van der Waals surface area contributed by atoms with Gasteiger partial charge in [-0.2, -0.15) is 0 Å². The van der Waals surface area contributed by atoms with Crippen LogP contribution < -0.4 is 15.2 Å². The Hall–Kier alpha value is -3.72. The molecule has 8 nitrogen and oxygen atoms in total. The molecular weight excluding hydrogens is 451 g/mol. The van der Waals surface area contributed by atoms with E-state index in [9.17, 15) is 19.1 Å². The summed E-state index contributed by atoms with van der Waals surface area (Å²) in [5.74, 6) is 0.356. The molecule has 2 heterocycles. The Morgan fingerprint density at radius 3 is 2.46 bits per heavy atom. The number of aliphatic hydroxyl groups excluding tert-OH is 1. The number of hydrogen-bond acceptors (Lipinski definition) is 6. The molecule has 0 radical (unpaired) electrons. The summed E-state index contributed by atoms with van der Waals surface area (Å²) in [5, 5.41) is 9.40. The maximum Gasteiger partial charge on any atom is 0.257 e. The summed E-state index contributed by atoms with van der Waals surface area (Å²) < 4.78 is 20.4. The first-order valence-electron chi connectivity index (χ1n) is 11.5. The fourth-order valence-electron chi connectivity index (χ4n) is 4.34. The van der Waals surface area contributed by atoms with Gasteiger partial charge in [0.2, 0.25) is 5.91 Å². The van der Waals surface area contributed by atoms with Gasteiger partial charge in [-0.05, 0) is 43.3 Å². The predicted molar refractivity (Wildman–Crippen MR) is 131 cm³/mol. The molecular formula is C26H29FN4O4. The number of carbonyl (C=O) groups is 1. The second-order valence-electron chi connectivity index (χ2n) is 8.44. The molecule has 1 amide bonds. The number of aliphatic hydroxyl groups is 1. The van der Waals surface area contributed by atoms with Crippen molar-refractivity contribution < 1.29 is 19.0 Å². The third-order valence-corrected chi connectivity index (χ3v) is 6.28. The van der Waals surface area contributed by atoms with E-state index < -0.39 is 11.4 Å². The van der Waals surface area contributed by atoms with Gasteiger partial charge in [0.25, 0.3) is 5.56 Å². The lowest BCUT2D eigenvalue weighted by molar-refractivity contribution is -0.132. The third-order valence-electron chi connectivity index (χ3n) is 6.28. The maximum absolute atomic E-state index is 13.9. The number of halogens is 1. The molecule has 0 spiro atoms. The number of aryl methyl sites for hydroxylation is 1. The fourth-order valence-corrected chi connectivity index (χ4v) is 4.34. The highest BCUT2D eigenvalue weighted by Crippen LogP contribution is 2.22. The van der Waals surface area contributed by atoms with Crippen LogP contribution in [0.2, 0.25) is 0 Å². The zero-order valence-electron chi connectivity index (χ0n) is 19.9. The lowest BCUT2D eigenvalue weighted by Crippen LogP contribution is -2.50. The van der Waals surface area contributed by atoms with Crippen molar-refractivity contribution in [3.63, 3.8) is 0 Å². The molecule has 0 atom stereocenters. The molecule has 0 unspecified atom stereocenters. The zero-order chi connectivity index (χ0) is 24.9. The summed E-state index contributed by atoms with van der Waals surface area (Å²) in [4.78, 5) is 35.0. The van der Waals surface area contributed by atoms with Crippen LogP contribution in [0.15, 0.2) is 53.3 Å². The minimum atomic E-state index is -0.457. The standard InChI is InChI=1S/C26H29FN4O4/c1-18-23(10-15-32)26(34)31(25(28-18)19-4-3-5-20(27)16-19)17-24(33)30-13-11-29(12-14-30)21-6-8-22(35-2)9-7-21/h3-9,16,32H,10-15,17H2,1-2H3. The first kappa shape index (κ1) is 24.4. The summed E-state index contributed by atoms with van der Waals surface area (Å²) in [7, 11) is 1.63. The number of piperazine rings is 1. The Morgan fingerprint density at radius 2 is 1.83 bits per heavy atom. The van der Waals surface area contributed by atoms with Gasteiger partial charge in [0.1, 0.15) is 23.9 Å². The summed E-state index contributed by atoms with van der Waals surface area (Å²) >= 11 is 0. The zero-order valence-corrected chi connectivity index (χ0v) is 19.9. The van der Waals surface area contributed by atoms with Crippen molar-refractivity contribution in [2.75, 3.05) is 44.8 Å². The number of carbonyl (C=O) groups excluding carboxylic acids is 1. The van der Waals surface area contributed by atoms with Gasteiger partial charge < -0.3 is 19.6 Å². The molecule has 2 aromatic carbocycles. The lowest BCUT2D eigenvalue weighted by Gasteiger charge is -2.36. The number of hydrogen-bond donors (Lipinski definition) is 1. The number of ether oxygens (including phenoxy) is 1. The maximum atomic E-state index is 13.9. The van der Waals surface area contributed by atoms with Crippen molar-refractivity contribution in [1.29, 1.82) is 0 Å². The van der Waals surface area contributed by atoms with Crippen molar-refractivity contribution >= 4 is 11.6 Å². The van der Waals surface area contributed by atoms with Gasteiger partial charge in [0.05, 0.1) is 7.11 Å². The normalized spacial score (nSPS) is 13.7. The van der Waals surface area contributed by atoms with Gasteiger partial charge in [-0.15, -0.1) is 0 Å². The van der Waals surface area contributed by atoms with E-state index in [-0.39, 0.29) is 31.3 Å². The van der Waals surface area contributed by atoms with Crippen LogP contribution in [0.4, 0.5) is 10.1 Å². The molecule has 4 rings (SSSR count). The van der Waals surface area contributed by atoms with Crippen molar-refractivity contribution in [2.45, 2.75) is 19.9 Å². The number of anilines is 1. The van der Waals surface area contributed by atoms with Crippen LogP contribution in [0.1, 0.15) is 11.3 Å². The van der Waals surface area contributed by atoms with Gasteiger partial charge in [0, 0.05) is 61.7 Å². The number of methoxy groups -OCH3 is 1. The summed E-state index contributed by atoms with van der Waals surface area (Å²) in [5.41, 5.74) is 1.89. The van der Waals surface area contributed by atoms with E-state index in [4.69, 9.17) is 4.74 Å². The van der Waals surface area contributed by atoms with E-state index >= 15 is 0 Å². The number of nitrogens with zero attached hydrogens (tertiary/aromatic N) is 4. The SMILES string of the molecule is COc1ccc(N2CCN(C(=O)Cn3c(-c4cccc(F)c4)nc(C)c(CCO)c3=O)CC2)cc1. The van der Waals surface area contributed by atoms with Crippen LogP contribution >= 0.6 is 0 Å². The van der Waals surface area contributed by atoms with Crippen LogP contribution in [-0.2, 0) is 17.8 Å². The first-order chi connectivity index (χ1) is 16.9. The van der Waals surface area contributed by atoms with Gasteiger partial charge >= 0.3 is 0 Å². The van der Waals surface area contributed by atoms with E-state index in [2.05, 4.69) is 9.88 Å². The minimum Gasteiger partial charge on any atom is -0.497 e. The van der Waals surface area contributed by atoms with E-state index in [0.29, 0.717) is 43.0 Å². The van der Waals surface area contributed by atoms with Gasteiger partial charge in [-0.1, -0.05) is 12.1 Å². The fraction of sp³-hybridized carbons (Fsp3) is 0.346. The van der Waals surface area contributed by atoms with E-state index in [0.717, 1.165) is 11.4 Å². The molecule has 1 aliphatic heterocycles. The Bertz CT molecular complexity index is 1250. The van der Waals surface area contributed by atoms with Crippen LogP contribution in [0, 0.1) is 12.7 Å². The van der Waals surface area contributed by atoms with Crippen molar-refractivity contribution in [1.82, 2.24) is 14.5 Å². The van der Waals surface area contributed by atoms with Gasteiger partial charge in [-0.25, -0.2) is 9.37 Å². The first-order valence-corrected chi connectivity index (χ1v) is 11.5. The average molecular weight is 481 g/mol. The quantitative estimate of drug-likeness (QED) is 0.558. The summed E-state index contributed by atoms with van der Waals surface area (Å²) in [6.45, 7) is 3.60. The topological polar surface area (TPSA) is 87.9 Å². The van der Waals surface area contributed by atoms with E-state index in [1.54, 1.807) is 31.1 Å². The van der Waals surface area contributed by atoms with E-state index in [1.165, 1.54) is 16.7 Å².